The highest BCUT2D eigenvalue weighted by molar-refractivity contribution is 5.70. The van der Waals surface area contributed by atoms with Crippen LogP contribution in [0, 0.1) is 5.92 Å². The second-order valence-corrected chi connectivity index (χ2v) is 5.85. The molecule has 1 saturated heterocycles. The molecule has 0 atom stereocenters. The molecule has 0 aromatic heterocycles. The SMILES string of the molecule is CCN1CCC(CNCc2ccccc2CC(=O)O)CC1. The van der Waals surface area contributed by atoms with E-state index in [1.165, 1.54) is 25.9 Å². The largest absolute Gasteiger partial charge is 0.481 e. The van der Waals surface area contributed by atoms with E-state index in [2.05, 4.69) is 17.1 Å². The monoisotopic (exact) mass is 290 g/mol. The van der Waals surface area contributed by atoms with Gasteiger partial charge in [0, 0.05) is 6.54 Å². The molecule has 0 amide bonds. The van der Waals surface area contributed by atoms with Crippen LogP contribution in [-0.4, -0.2) is 42.2 Å². The summed E-state index contributed by atoms with van der Waals surface area (Å²) < 4.78 is 0. The van der Waals surface area contributed by atoms with E-state index in [0.717, 1.165) is 36.7 Å². The van der Waals surface area contributed by atoms with Crippen LogP contribution < -0.4 is 5.32 Å². The summed E-state index contributed by atoms with van der Waals surface area (Å²) in [5, 5.41) is 12.5. The van der Waals surface area contributed by atoms with E-state index in [1.54, 1.807) is 0 Å². The predicted molar refractivity (Wildman–Crippen MR) is 84.3 cm³/mol. The molecular weight excluding hydrogens is 264 g/mol. The van der Waals surface area contributed by atoms with Gasteiger partial charge >= 0.3 is 5.97 Å². The average molecular weight is 290 g/mol. The van der Waals surface area contributed by atoms with Crippen molar-refractivity contribution in [3.8, 4) is 0 Å². The lowest BCUT2D eigenvalue weighted by Gasteiger charge is -2.31. The zero-order chi connectivity index (χ0) is 15.1. The maximum absolute atomic E-state index is 10.9. The van der Waals surface area contributed by atoms with Crippen molar-refractivity contribution < 1.29 is 9.90 Å². The van der Waals surface area contributed by atoms with Crippen LogP contribution in [0.4, 0.5) is 0 Å². The summed E-state index contributed by atoms with van der Waals surface area (Å²) in [4.78, 5) is 13.4. The number of carbonyl (C=O) groups is 1. The molecule has 4 nitrogen and oxygen atoms in total. The first-order chi connectivity index (χ1) is 10.2. The van der Waals surface area contributed by atoms with Gasteiger partial charge in [0.2, 0.25) is 0 Å². The highest BCUT2D eigenvalue weighted by Crippen LogP contribution is 2.16. The Labute approximate surface area is 127 Å². The minimum Gasteiger partial charge on any atom is -0.481 e. The van der Waals surface area contributed by atoms with Crippen LogP contribution in [-0.2, 0) is 17.8 Å². The van der Waals surface area contributed by atoms with Crippen molar-refractivity contribution in [3.05, 3.63) is 35.4 Å². The van der Waals surface area contributed by atoms with Gasteiger partial charge < -0.3 is 15.3 Å². The van der Waals surface area contributed by atoms with E-state index in [4.69, 9.17) is 5.11 Å². The van der Waals surface area contributed by atoms with Crippen LogP contribution in [0.15, 0.2) is 24.3 Å². The molecule has 2 N–H and O–H groups in total. The molecule has 1 aliphatic rings. The molecule has 0 radical (unpaired) electrons. The Morgan fingerprint density at radius 1 is 1.29 bits per heavy atom. The summed E-state index contributed by atoms with van der Waals surface area (Å²) in [7, 11) is 0. The molecule has 2 rings (SSSR count). The Morgan fingerprint density at radius 3 is 2.57 bits per heavy atom. The van der Waals surface area contributed by atoms with Crippen LogP contribution in [0.5, 0.6) is 0 Å². The fourth-order valence-electron chi connectivity index (χ4n) is 2.98. The van der Waals surface area contributed by atoms with Crippen molar-refractivity contribution >= 4 is 5.97 Å². The molecule has 1 aliphatic heterocycles. The number of carboxylic acids is 1. The number of benzene rings is 1. The highest BCUT2D eigenvalue weighted by Gasteiger charge is 2.17. The lowest BCUT2D eigenvalue weighted by atomic mass is 9.96. The molecule has 4 heteroatoms. The number of hydrogen-bond acceptors (Lipinski definition) is 3. The van der Waals surface area contributed by atoms with Gasteiger partial charge in [-0.25, -0.2) is 0 Å². The summed E-state index contributed by atoms with van der Waals surface area (Å²) in [6, 6.07) is 7.81. The van der Waals surface area contributed by atoms with Gasteiger partial charge in [-0.2, -0.15) is 0 Å². The lowest BCUT2D eigenvalue weighted by molar-refractivity contribution is -0.136. The first-order valence-corrected chi connectivity index (χ1v) is 7.90. The fraction of sp³-hybridized carbons (Fsp3) is 0.588. The second-order valence-electron chi connectivity index (χ2n) is 5.85. The topological polar surface area (TPSA) is 52.6 Å². The van der Waals surface area contributed by atoms with Crippen molar-refractivity contribution in [2.45, 2.75) is 32.7 Å². The fourth-order valence-corrected chi connectivity index (χ4v) is 2.98. The second kappa shape index (κ2) is 8.15. The zero-order valence-corrected chi connectivity index (χ0v) is 12.8. The minimum absolute atomic E-state index is 0.104. The van der Waals surface area contributed by atoms with Gasteiger partial charge in [0.15, 0.2) is 0 Å². The molecule has 1 heterocycles. The van der Waals surface area contributed by atoms with Gasteiger partial charge in [-0.05, 0) is 56.1 Å². The maximum Gasteiger partial charge on any atom is 0.307 e. The predicted octanol–water partition coefficient (Wildman–Crippen LogP) is 2.14. The lowest BCUT2D eigenvalue weighted by Crippen LogP contribution is -2.37. The summed E-state index contributed by atoms with van der Waals surface area (Å²) in [5.74, 6) is -0.0196. The number of piperidine rings is 1. The number of nitrogens with one attached hydrogen (secondary N) is 1. The van der Waals surface area contributed by atoms with Gasteiger partial charge in [-0.3, -0.25) is 4.79 Å². The average Bonchev–Trinajstić information content (AvgIpc) is 2.49. The van der Waals surface area contributed by atoms with Gasteiger partial charge in [-0.15, -0.1) is 0 Å². The summed E-state index contributed by atoms with van der Waals surface area (Å²) in [5.41, 5.74) is 2.02. The van der Waals surface area contributed by atoms with Crippen molar-refractivity contribution in [3.63, 3.8) is 0 Å². The Bertz CT molecular complexity index is 454. The third-order valence-corrected chi connectivity index (χ3v) is 4.36. The van der Waals surface area contributed by atoms with E-state index < -0.39 is 5.97 Å². The molecule has 1 fully saturated rings. The Hall–Kier alpha value is -1.39. The molecule has 0 spiro atoms. The van der Waals surface area contributed by atoms with Gasteiger partial charge in [-0.1, -0.05) is 31.2 Å². The smallest absolute Gasteiger partial charge is 0.307 e. The highest BCUT2D eigenvalue weighted by atomic mass is 16.4. The van der Waals surface area contributed by atoms with Crippen LogP contribution in [0.25, 0.3) is 0 Å². The number of carboxylic acid groups (broad SMARTS) is 1. The van der Waals surface area contributed by atoms with Crippen molar-refractivity contribution in [2.24, 2.45) is 5.92 Å². The standard InChI is InChI=1S/C17H26N2O2/c1-2-19-9-7-14(8-10-19)12-18-13-16-6-4-3-5-15(16)11-17(20)21/h3-6,14,18H,2,7-13H2,1H3,(H,20,21). The number of rotatable bonds is 7. The first-order valence-electron chi connectivity index (χ1n) is 7.90. The first kappa shape index (κ1) is 16.0. The van der Waals surface area contributed by atoms with Gasteiger partial charge in [0.05, 0.1) is 6.42 Å². The molecule has 1 aromatic carbocycles. The summed E-state index contributed by atoms with van der Waals surface area (Å²) in [6.07, 6.45) is 2.63. The number of likely N-dealkylation sites (tertiary alicyclic amines) is 1. The third-order valence-electron chi connectivity index (χ3n) is 4.36. The van der Waals surface area contributed by atoms with Crippen molar-refractivity contribution in [2.75, 3.05) is 26.2 Å². The molecular formula is C17H26N2O2. The number of nitrogens with zero attached hydrogens (tertiary/aromatic N) is 1. The van der Waals surface area contributed by atoms with E-state index in [0.29, 0.717) is 0 Å². The van der Waals surface area contributed by atoms with Crippen LogP contribution in [0.2, 0.25) is 0 Å². The normalized spacial score (nSPS) is 17.0. The van der Waals surface area contributed by atoms with Crippen LogP contribution >= 0.6 is 0 Å². The Kier molecular flexibility index (Phi) is 6.21. The van der Waals surface area contributed by atoms with E-state index in [9.17, 15) is 4.79 Å². The molecule has 1 aromatic rings. The summed E-state index contributed by atoms with van der Waals surface area (Å²) >= 11 is 0. The van der Waals surface area contributed by atoms with Crippen molar-refractivity contribution in [1.29, 1.82) is 0 Å². The zero-order valence-electron chi connectivity index (χ0n) is 12.8. The maximum atomic E-state index is 10.9. The van der Waals surface area contributed by atoms with Gasteiger partial charge in [0.1, 0.15) is 0 Å². The van der Waals surface area contributed by atoms with E-state index >= 15 is 0 Å². The molecule has 0 unspecified atom stereocenters. The minimum atomic E-state index is -0.769. The molecule has 21 heavy (non-hydrogen) atoms. The molecule has 116 valence electrons. The number of aliphatic carboxylic acids is 1. The Morgan fingerprint density at radius 2 is 1.95 bits per heavy atom. The summed E-state index contributed by atoms with van der Waals surface area (Å²) in [6.45, 7) is 7.58. The van der Waals surface area contributed by atoms with Crippen LogP contribution in [0.3, 0.4) is 0 Å². The van der Waals surface area contributed by atoms with E-state index in [1.807, 2.05) is 24.3 Å². The quantitative estimate of drug-likeness (QED) is 0.808. The molecule has 0 aliphatic carbocycles. The van der Waals surface area contributed by atoms with E-state index in [-0.39, 0.29) is 6.42 Å². The Balaban J connectivity index is 1.77. The number of hydrogen-bond donors (Lipinski definition) is 2. The van der Waals surface area contributed by atoms with Crippen LogP contribution in [0.1, 0.15) is 30.9 Å². The van der Waals surface area contributed by atoms with Gasteiger partial charge in [0.25, 0.3) is 0 Å². The van der Waals surface area contributed by atoms with Crippen molar-refractivity contribution in [1.82, 2.24) is 10.2 Å². The third kappa shape index (κ3) is 5.14. The molecule has 0 bridgehead atoms. The molecule has 0 saturated carbocycles.